The number of aromatic nitrogens is 2. The molecule has 238 valence electrons. The van der Waals surface area contributed by atoms with E-state index in [4.69, 9.17) is 23.7 Å². The molecule has 1 atom stereocenters. The number of nitrogens with zero attached hydrogens (tertiary/aromatic N) is 3. The predicted octanol–water partition coefficient (Wildman–Crippen LogP) is 4.91. The number of hydrogen-bond acceptors (Lipinski definition) is 9. The van der Waals surface area contributed by atoms with Gasteiger partial charge in [0.25, 0.3) is 5.91 Å². The largest absolute Gasteiger partial charge is 0.493 e. The second-order valence-corrected chi connectivity index (χ2v) is 11.0. The lowest BCUT2D eigenvalue weighted by Gasteiger charge is -2.38. The van der Waals surface area contributed by atoms with Gasteiger partial charge < -0.3 is 33.9 Å². The van der Waals surface area contributed by atoms with Crippen LogP contribution in [0.5, 0.6) is 34.8 Å². The smallest absolute Gasteiger partial charge is 0.316 e. The van der Waals surface area contributed by atoms with Crippen LogP contribution in [0.15, 0.2) is 67.0 Å². The summed E-state index contributed by atoms with van der Waals surface area (Å²) in [6.07, 6.45) is 5.09. The van der Waals surface area contributed by atoms with E-state index in [2.05, 4.69) is 15.3 Å². The van der Waals surface area contributed by atoms with Crippen LogP contribution in [0.25, 0.3) is 0 Å². The minimum atomic E-state index is -0.497. The molecule has 0 saturated carbocycles. The molecule has 3 aliphatic rings. The first-order valence-electron chi connectivity index (χ1n) is 15.2. The average molecular weight is 625 g/mol. The fraction of sp³-hybridized carbons (Fsp3) is 0.314. The van der Waals surface area contributed by atoms with Crippen molar-refractivity contribution in [3.63, 3.8) is 0 Å². The highest BCUT2D eigenvalue weighted by atomic mass is 16.5. The summed E-state index contributed by atoms with van der Waals surface area (Å²) in [4.78, 5) is 36.7. The number of methoxy groups -OCH3 is 3. The molecular formula is C35H36N4O7. The van der Waals surface area contributed by atoms with Crippen LogP contribution in [-0.4, -0.2) is 67.7 Å². The van der Waals surface area contributed by atoms with E-state index < -0.39 is 6.04 Å². The highest BCUT2D eigenvalue weighted by molar-refractivity contribution is 5.94. The summed E-state index contributed by atoms with van der Waals surface area (Å²) in [5.41, 5.74) is 4.08. The van der Waals surface area contributed by atoms with E-state index in [1.165, 1.54) is 19.5 Å². The predicted molar refractivity (Wildman–Crippen MR) is 169 cm³/mol. The number of hydrogen-bond donors (Lipinski definition) is 1. The standard InChI is InChI=1S/C35H36N4O7/c1-42-28-10-9-24-18-30(28)45-15-5-13-36-32(40)11-8-22-6-4-7-26(16-22)46-31-17-23-12-14-39(33(24)27(23)19-29(31)43-2)34(41)25-20-37-35(44-3)38-21-25/h4,6-7,9-10,16-21,33H,5,8,11-15H2,1-3H3,(H,36,40). The molecule has 3 aromatic carbocycles. The van der Waals surface area contributed by atoms with E-state index in [0.29, 0.717) is 79.7 Å². The molecule has 8 bridgehead atoms. The van der Waals surface area contributed by atoms with Crippen molar-refractivity contribution in [3.8, 4) is 34.8 Å². The van der Waals surface area contributed by atoms with Crippen molar-refractivity contribution in [2.24, 2.45) is 0 Å². The molecule has 11 heteroatoms. The molecule has 7 rings (SSSR count). The molecule has 4 heterocycles. The van der Waals surface area contributed by atoms with Gasteiger partial charge in [0, 0.05) is 31.9 Å². The van der Waals surface area contributed by atoms with E-state index in [0.717, 1.165) is 22.3 Å². The quantitative estimate of drug-likeness (QED) is 0.338. The minimum absolute atomic E-state index is 0.0285. The van der Waals surface area contributed by atoms with Crippen LogP contribution in [0.2, 0.25) is 0 Å². The van der Waals surface area contributed by atoms with Crippen LogP contribution >= 0.6 is 0 Å². The SMILES string of the molecule is COc1ncc(C(=O)N2CCc3cc4c(OC)cc3C2c2ccc(OC)c(c2)OCCCNC(=O)CCc2cccc(c2)O4)cn1. The van der Waals surface area contributed by atoms with Crippen molar-refractivity contribution in [1.82, 2.24) is 20.2 Å². The summed E-state index contributed by atoms with van der Waals surface area (Å²) >= 11 is 0. The first kappa shape index (κ1) is 30.7. The van der Waals surface area contributed by atoms with Gasteiger partial charge in [-0.3, -0.25) is 9.59 Å². The van der Waals surface area contributed by atoms with Crippen LogP contribution in [0.1, 0.15) is 51.5 Å². The van der Waals surface area contributed by atoms with Crippen LogP contribution in [0.3, 0.4) is 0 Å². The molecule has 0 radical (unpaired) electrons. The Labute approximate surface area is 267 Å². The Morgan fingerprint density at radius 2 is 1.74 bits per heavy atom. The molecule has 4 aromatic rings. The zero-order valence-electron chi connectivity index (χ0n) is 26.1. The molecular weight excluding hydrogens is 588 g/mol. The highest BCUT2D eigenvalue weighted by Crippen LogP contribution is 2.44. The van der Waals surface area contributed by atoms with Gasteiger partial charge >= 0.3 is 6.01 Å². The summed E-state index contributed by atoms with van der Waals surface area (Å²) in [5.74, 6) is 2.58. The maximum Gasteiger partial charge on any atom is 0.316 e. The molecule has 46 heavy (non-hydrogen) atoms. The third kappa shape index (κ3) is 6.53. The molecule has 0 saturated heterocycles. The Hall–Kier alpha value is -5.32. The Kier molecular flexibility index (Phi) is 9.18. The second-order valence-electron chi connectivity index (χ2n) is 11.0. The average Bonchev–Trinajstić information content (AvgIpc) is 3.09. The van der Waals surface area contributed by atoms with Crippen molar-refractivity contribution < 1.29 is 33.3 Å². The molecule has 1 aromatic heterocycles. The molecule has 11 nitrogen and oxygen atoms in total. The van der Waals surface area contributed by atoms with Gasteiger partial charge in [0.15, 0.2) is 23.0 Å². The van der Waals surface area contributed by atoms with E-state index in [1.54, 1.807) is 14.2 Å². The second kappa shape index (κ2) is 13.8. The zero-order chi connectivity index (χ0) is 32.0. The summed E-state index contributed by atoms with van der Waals surface area (Å²) in [6.45, 7) is 1.28. The van der Waals surface area contributed by atoms with E-state index >= 15 is 0 Å². The van der Waals surface area contributed by atoms with E-state index in [-0.39, 0.29) is 17.8 Å². The van der Waals surface area contributed by atoms with Gasteiger partial charge in [-0.05, 0) is 77.9 Å². The van der Waals surface area contributed by atoms with Crippen molar-refractivity contribution in [2.45, 2.75) is 31.7 Å². The van der Waals surface area contributed by atoms with E-state index in [1.807, 2.05) is 59.5 Å². The van der Waals surface area contributed by atoms with Gasteiger partial charge in [0.1, 0.15) is 5.75 Å². The number of benzene rings is 3. The summed E-state index contributed by atoms with van der Waals surface area (Å²) in [6, 6.07) is 17.0. The molecule has 1 unspecified atom stereocenters. The maximum absolute atomic E-state index is 14.1. The number of fused-ring (bicyclic) bond motifs is 8. The van der Waals surface area contributed by atoms with Crippen molar-refractivity contribution in [3.05, 3.63) is 94.8 Å². The van der Waals surface area contributed by atoms with Gasteiger partial charge in [0.2, 0.25) is 5.91 Å². The number of carbonyl (C=O) groups is 2. The lowest BCUT2D eigenvalue weighted by atomic mass is 9.87. The Morgan fingerprint density at radius 1 is 0.913 bits per heavy atom. The first-order valence-corrected chi connectivity index (χ1v) is 15.2. The molecule has 0 fully saturated rings. The number of ether oxygens (including phenoxy) is 5. The van der Waals surface area contributed by atoms with Crippen molar-refractivity contribution in [1.29, 1.82) is 0 Å². The summed E-state index contributed by atoms with van der Waals surface area (Å²) in [7, 11) is 4.66. The van der Waals surface area contributed by atoms with Crippen LogP contribution in [0, 0.1) is 0 Å². The molecule has 0 aliphatic carbocycles. The summed E-state index contributed by atoms with van der Waals surface area (Å²) < 4.78 is 29.1. The third-order valence-electron chi connectivity index (χ3n) is 8.14. The van der Waals surface area contributed by atoms with Crippen LogP contribution < -0.4 is 29.0 Å². The van der Waals surface area contributed by atoms with Gasteiger partial charge in [-0.1, -0.05) is 18.2 Å². The molecule has 2 amide bonds. The molecule has 3 aliphatic heterocycles. The Bertz CT molecular complexity index is 1730. The lowest BCUT2D eigenvalue weighted by molar-refractivity contribution is -0.121. The number of carbonyl (C=O) groups excluding carboxylic acids is 2. The Morgan fingerprint density at radius 3 is 2.52 bits per heavy atom. The summed E-state index contributed by atoms with van der Waals surface area (Å²) in [5, 5.41) is 2.97. The van der Waals surface area contributed by atoms with Crippen LogP contribution in [0.4, 0.5) is 0 Å². The number of amides is 2. The van der Waals surface area contributed by atoms with E-state index in [9.17, 15) is 9.59 Å². The first-order chi connectivity index (χ1) is 22.5. The van der Waals surface area contributed by atoms with Gasteiger partial charge in [-0.25, -0.2) is 9.97 Å². The minimum Gasteiger partial charge on any atom is -0.493 e. The topological polar surface area (TPSA) is 121 Å². The maximum atomic E-state index is 14.1. The number of nitrogens with one attached hydrogen (secondary N) is 1. The van der Waals surface area contributed by atoms with Crippen LogP contribution in [-0.2, 0) is 17.6 Å². The number of rotatable bonds is 4. The monoisotopic (exact) mass is 624 g/mol. The van der Waals surface area contributed by atoms with Gasteiger partial charge in [-0.15, -0.1) is 0 Å². The highest BCUT2D eigenvalue weighted by Gasteiger charge is 2.35. The fourth-order valence-electron chi connectivity index (χ4n) is 5.84. The third-order valence-corrected chi connectivity index (χ3v) is 8.14. The number of aryl methyl sites for hydroxylation is 1. The molecule has 0 spiro atoms. The zero-order valence-corrected chi connectivity index (χ0v) is 26.1. The van der Waals surface area contributed by atoms with Crippen molar-refractivity contribution in [2.75, 3.05) is 41.0 Å². The van der Waals surface area contributed by atoms with Crippen molar-refractivity contribution >= 4 is 11.8 Å². The Balaban J connectivity index is 1.46. The normalized spacial score (nSPS) is 16.4. The fourth-order valence-corrected chi connectivity index (χ4v) is 5.84. The van der Waals surface area contributed by atoms with Gasteiger partial charge in [-0.2, -0.15) is 0 Å². The lowest BCUT2D eigenvalue weighted by Crippen LogP contribution is -2.40. The molecule has 1 N–H and O–H groups in total. The van der Waals surface area contributed by atoms with Gasteiger partial charge in [0.05, 0.1) is 39.5 Å².